The molecular weight excluding hydrogens is 591 g/mol. The number of hydrogen-bond acceptors (Lipinski definition) is 5. The number of halogens is 1. The van der Waals surface area contributed by atoms with Crippen LogP contribution in [0.3, 0.4) is 0 Å². The zero-order valence-electron chi connectivity index (χ0n) is 25.9. The Hall–Kier alpha value is -4.41. The smallest absolute Gasteiger partial charge is 0.277 e. The van der Waals surface area contributed by atoms with Crippen LogP contribution in [0.5, 0.6) is 0 Å². The van der Waals surface area contributed by atoms with E-state index in [9.17, 15) is 18.0 Å². The third-order valence-corrected chi connectivity index (χ3v) is 9.24. The van der Waals surface area contributed by atoms with Gasteiger partial charge in [-0.05, 0) is 51.0 Å². The summed E-state index contributed by atoms with van der Waals surface area (Å²) >= 11 is 0. The fourth-order valence-electron chi connectivity index (χ4n) is 5.33. The number of hydrogen-bond donors (Lipinski definition) is 1. The molecule has 0 atom stereocenters. The van der Waals surface area contributed by atoms with E-state index in [0.717, 1.165) is 12.8 Å². The van der Waals surface area contributed by atoms with Crippen LogP contribution in [0.15, 0.2) is 94.7 Å². The molecule has 0 aliphatic heterocycles. The first-order valence-electron chi connectivity index (χ1n) is 15.0. The molecule has 8 nitrogen and oxygen atoms in total. The first-order valence-corrected chi connectivity index (χ1v) is 16.4. The average molecular weight is 629 g/mol. The zero-order chi connectivity index (χ0) is 32.4. The largest absolute Gasteiger partial charge is 0.319 e. The summed E-state index contributed by atoms with van der Waals surface area (Å²) in [5.74, 6) is -0.0810. The minimum Gasteiger partial charge on any atom is -0.319 e. The Labute approximate surface area is 262 Å². The van der Waals surface area contributed by atoms with Gasteiger partial charge < -0.3 is 9.13 Å². The minimum atomic E-state index is -3.88. The van der Waals surface area contributed by atoms with Crippen molar-refractivity contribution in [2.75, 3.05) is 0 Å². The molecule has 5 aromatic rings. The quantitative estimate of drug-likeness (QED) is 0.172. The Bertz CT molecular complexity index is 2030. The van der Waals surface area contributed by atoms with Gasteiger partial charge in [-0.1, -0.05) is 74.0 Å². The van der Waals surface area contributed by atoms with E-state index in [0.29, 0.717) is 45.5 Å². The first-order chi connectivity index (χ1) is 21.4. The van der Waals surface area contributed by atoms with Crippen molar-refractivity contribution in [1.29, 1.82) is 0 Å². The molecule has 0 aliphatic carbocycles. The second-order valence-electron chi connectivity index (χ2n) is 12.1. The second kappa shape index (κ2) is 12.9. The third kappa shape index (κ3) is 7.13. The molecule has 234 valence electrons. The maximum atomic E-state index is 15.8. The van der Waals surface area contributed by atoms with Crippen LogP contribution in [0.25, 0.3) is 22.2 Å². The van der Waals surface area contributed by atoms with Crippen LogP contribution < -0.4 is 10.3 Å². The molecule has 45 heavy (non-hydrogen) atoms. The van der Waals surface area contributed by atoms with Crippen molar-refractivity contribution in [3.63, 3.8) is 0 Å². The number of sulfonamides is 1. The molecule has 1 N–H and O–H groups in total. The molecular formula is C35H37FN4O4S. The third-order valence-electron chi connectivity index (χ3n) is 7.42. The molecule has 0 radical (unpaired) electrons. The number of Topliss-reactive ketones (excluding diaryl/α,β-unsaturated/α-hetero) is 1. The Balaban J connectivity index is 1.53. The molecule has 0 unspecified atom stereocenters. The summed E-state index contributed by atoms with van der Waals surface area (Å²) < 4.78 is 48.0. The Morgan fingerprint density at radius 2 is 1.69 bits per heavy atom. The summed E-state index contributed by atoms with van der Waals surface area (Å²) in [4.78, 5) is 31.4. The van der Waals surface area contributed by atoms with Gasteiger partial charge in [-0.15, -0.1) is 0 Å². The van der Waals surface area contributed by atoms with Gasteiger partial charge in [0.25, 0.3) is 5.56 Å². The number of aromatic nitrogens is 3. The number of imidazole rings is 1. The van der Waals surface area contributed by atoms with E-state index in [-0.39, 0.29) is 29.3 Å². The molecule has 0 aliphatic rings. The maximum Gasteiger partial charge on any atom is 0.277 e. The number of carbonyl (C=O) groups excluding carboxylic acids is 1. The number of benzene rings is 3. The van der Waals surface area contributed by atoms with Gasteiger partial charge in [0.1, 0.15) is 17.2 Å². The Kier molecular flexibility index (Phi) is 9.18. The predicted molar refractivity (Wildman–Crippen MR) is 174 cm³/mol. The fourth-order valence-corrected chi connectivity index (χ4v) is 6.98. The van der Waals surface area contributed by atoms with Crippen molar-refractivity contribution in [2.45, 2.75) is 70.5 Å². The van der Waals surface area contributed by atoms with Gasteiger partial charge in [-0.2, -0.15) is 0 Å². The van der Waals surface area contributed by atoms with Gasteiger partial charge in [0, 0.05) is 34.8 Å². The number of nitrogens with zero attached hydrogens (tertiary/aromatic N) is 3. The molecule has 10 heteroatoms. The van der Waals surface area contributed by atoms with Crippen molar-refractivity contribution in [2.24, 2.45) is 0 Å². The van der Waals surface area contributed by atoms with Gasteiger partial charge in [0.05, 0.1) is 23.5 Å². The van der Waals surface area contributed by atoms with E-state index in [1.54, 1.807) is 92.2 Å². The molecule has 0 saturated heterocycles. The number of ketones is 1. The summed E-state index contributed by atoms with van der Waals surface area (Å²) in [6, 6.07) is 21.6. The van der Waals surface area contributed by atoms with E-state index >= 15 is 4.39 Å². The second-order valence-corrected chi connectivity index (χ2v) is 13.8. The van der Waals surface area contributed by atoms with Crippen LogP contribution in [0.4, 0.5) is 4.39 Å². The number of nitrogens with one attached hydrogen (secondary N) is 1. The first kappa shape index (κ1) is 32.0. The van der Waals surface area contributed by atoms with Crippen molar-refractivity contribution in [3.05, 3.63) is 118 Å². The molecule has 0 amide bonds. The monoisotopic (exact) mass is 628 g/mol. The number of aryl methyl sites for hydroxylation is 1. The van der Waals surface area contributed by atoms with E-state index in [1.807, 2.05) is 6.07 Å². The van der Waals surface area contributed by atoms with Gasteiger partial charge in [0.15, 0.2) is 5.78 Å². The standard InChI is InChI=1S/C35H37FN4O4S/c1-5-6-16-32-37-29-19-20-39(23-30(41)24-12-8-7-9-13-24)34(42)33(29)40(32)22-26-18-17-25(21-28(26)36)27-14-10-11-15-31(27)45(43,44)38-35(2,3)4/h7-15,17-21,38H,5-6,16,22-23H2,1-4H3. The van der Waals surface area contributed by atoms with Gasteiger partial charge in [-0.25, -0.2) is 22.5 Å². The lowest BCUT2D eigenvalue weighted by atomic mass is 10.0. The van der Waals surface area contributed by atoms with Crippen LogP contribution in [-0.2, 0) is 29.5 Å². The van der Waals surface area contributed by atoms with Crippen molar-refractivity contribution < 1.29 is 17.6 Å². The summed E-state index contributed by atoms with van der Waals surface area (Å²) in [6.07, 6.45) is 3.91. The molecule has 2 aromatic heterocycles. The summed E-state index contributed by atoms with van der Waals surface area (Å²) in [6.45, 7) is 7.23. The fraction of sp³-hybridized carbons (Fsp3) is 0.286. The number of carbonyl (C=O) groups is 1. The van der Waals surface area contributed by atoms with Gasteiger partial charge >= 0.3 is 0 Å². The molecule has 0 bridgehead atoms. The highest BCUT2D eigenvalue weighted by molar-refractivity contribution is 7.89. The number of pyridine rings is 1. The lowest BCUT2D eigenvalue weighted by Crippen LogP contribution is -2.40. The highest BCUT2D eigenvalue weighted by atomic mass is 32.2. The summed E-state index contributed by atoms with van der Waals surface area (Å²) in [5.41, 5.74) is 1.32. The van der Waals surface area contributed by atoms with Crippen LogP contribution >= 0.6 is 0 Å². The molecule has 0 fully saturated rings. The highest BCUT2D eigenvalue weighted by Gasteiger charge is 2.25. The summed E-state index contributed by atoms with van der Waals surface area (Å²) in [7, 11) is -3.88. The van der Waals surface area contributed by atoms with Gasteiger partial charge in [0.2, 0.25) is 10.0 Å². The topological polar surface area (TPSA) is 103 Å². The predicted octanol–water partition coefficient (Wildman–Crippen LogP) is 6.35. The highest BCUT2D eigenvalue weighted by Crippen LogP contribution is 2.30. The number of fused-ring (bicyclic) bond motifs is 1. The van der Waals surface area contributed by atoms with Crippen molar-refractivity contribution in [3.8, 4) is 11.1 Å². The molecule has 3 aromatic carbocycles. The van der Waals surface area contributed by atoms with Gasteiger partial charge in [-0.3, -0.25) is 9.59 Å². The summed E-state index contributed by atoms with van der Waals surface area (Å²) in [5, 5.41) is 0. The molecule has 5 rings (SSSR count). The number of unbranched alkanes of at least 4 members (excludes halogenated alkanes) is 1. The number of rotatable bonds is 11. The van der Waals surface area contributed by atoms with Crippen LogP contribution in [0.1, 0.15) is 62.3 Å². The van der Waals surface area contributed by atoms with Crippen molar-refractivity contribution in [1.82, 2.24) is 18.8 Å². The minimum absolute atomic E-state index is 0.0407. The normalized spacial score (nSPS) is 12.1. The average Bonchev–Trinajstić information content (AvgIpc) is 3.35. The van der Waals surface area contributed by atoms with E-state index in [4.69, 9.17) is 4.98 Å². The van der Waals surface area contributed by atoms with Crippen molar-refractivity contribution >= 4 is 26.8 Å². The van der Waals surface area contributed by atoms with Crippen LogP contribution in [0, 0.1) is 5.82 Å². The van der Waals surface area contributed by atoms with Crippen LogP contribution in [0.2, 0.25) is 0 Å². The molecule has 0 spiro atoms. The van der Waals surface area contributed by atoms with E-state index in [2.05, 4.69) is 11.6 Å². The zero-order valence-corrected chi connectivity index (χ0v) is 26.7. The lowest BCUT2D eigenvalue weighted by molar-refractivity contribution is 0.0971. The Morgan fingerprint density at radius 3 is 2.38 bits per heavy atom. The van der Waals surface area contributed by atoms with Crippen LogP contribution in [-0.4, -0.2) is 33.9 Å². The Morgan fingerprint density at radius 1 is 0.978 bits per heavy atom. The van der Waals surface area contributed by atoms with E-state index < -0.39 is 21.4 Å². The lowest BCUT2D eigenvalue weighted by Gasteiger charge is -2.21. The maximum absolute atomic E-state index is 15.8. The molecule has 2 heterocycles. The SMILES string of the molecule is CCCCc1nc2ccn(CC(=O)c3ccccc3)c(=O)c2n1Cc1ccc(-c2ccccc2S(=O)(=O)NC(C)(C)C)cc1F. The molecule has 0 saturated carbocycles. The van der Waals surface area contributed by atoms with E-state index in [1.165, 1.54) is 16.7 Å².